The molecule has 1 saturated heterocycles. The quantitative estimate of drug-likeness (QED) is 0.537. The fourth-order valence-electron chi connectivity index (χ4n) is 3.17. The smallest absolute Gasteiger partial charge is 0.303 e. The van der Waals surface area contributed by atoms with Crippen LogP contribution in [0.15, 0.2) is 24.3 Å². The van der Waals surface area contributed by atoms with Crippen LogP contribution >= 0.6 is 0 Å². The van der Waals surface area contributed by atoms with Crippen LogP contribution < -0.4 is 0 Å². The van der Waals surface area contributed by atoms with E-state index in [1.807, 2.05) is 0 Å². The van der Waals surface area contributed by atoms with E-state index >= 15 is 0 Å². The maximum atomic E-state index is 11.7. The molecule has 1 aromatic heterocycles. The Morgan fingerprint density at radius 3 is 2.38 bits per heavy atom. The highest BCUT2D eigenvalue weighted by atomic mass is 16.6. The van der Waals surface area contributed by atoms with Gasteiger partial charge in [-0.15, -0.1) is 5.10 Å². The second-order valence-electron chi connectivity index (χ2n) is 6.53. The summed E-state index contributed by atoms with van der Waals surface area (Å²) in [5, 5.41) is 19.0. The predicted molar refractivity (Wildman–Crippen MR) is 95.2 cm³/mol. The number of aliphatic hydroxyl groups excluding tert-OH is 1. The molecule has 156 valence electrons. The Morgan fingerprint density at radius 2 is 1.72 bits per heavy atom. The van der Waals surface area contributed by atoms with E-state index in [9.17, 15) is 19.5 Å². The number of esters is 3. The first-order valence-electron chi connectivity index (χ1n) is 8.89. The highest BCUT2D eigenvalue weighted by Gasteiger charge is 2.50. The van der Waals surface area contributed by atoms with Gasteiger partial charge in [0.25, 0.3) is 0 Å². The van der Waals surface area contributed by atoms with E-state index < -0.39 is 48.6 Å². The number of hydrogen-bond acceptors (Lipinski definition) is 10. The Hall–Kier alpha value is -3.05. The van der Waals surface area contributed by atoms with Crippen molar-refractivity contribution in [2.45, 2.75) is 51.4 Å². The van der Waals surface area contributed by atoms with Gasteiger partial charge in [-0.1, -0.05) is 17.3 Å². The lowest BCUT2D eigenvalue weighted by molar-refractivity contribution is -0.265. The molecule has 5 atom stereocenters. The molecule has 0 aliphatic carbocycles. The predicted octanol–water partition coefficient (Wildman–Crippen LogP) is 0.116. The van der Waals surface area contributed by atoms with Gasteiger partial charge in [0.1, 0.15) is 24.3 Å². The maximum Gasteiger partial charge on any atom is 0.303 e. The van der Waals surface area contributed by atoms with Gasteiger partial charge in [-0.3, -0.25) is 14.4 Å². The number of hydrogen-bond donors (Lipinski definition) is 1. The van der Waals surface area contributed by atoms with E-state index in [2.05, 4.69) is 10.3 Å². The summed E-state index contributed by atoms with van der Waals surface area (Å²) in [6, 6.07) is 7.01. The Bertz CT molecular complexity index is 911. The first-order valence-corrected chi connectivity index (χ1v) is 8.89. The molecular weight excluding hydrogens is 386 g/mol. The monoisotopic (exact) mass is 407 g/mol. The molecular formula is C18H21N3O8. The van der Waals surface area contributed by atoms with E-state index in [1.54, 1.807) is 24.3 Å². The van der Waals surface area contributed by atoms with Crippen molar-refractivity contribution in [1.82, 2.24) is 15.0 Å². The van der Waals surface area contributed by atoms with E-state index in [0.717, 1.165) is 6.92 Å². The van der Waals surface area contributed by atoms with Gasteiger partial charge in [-0.2, -0.15) is 0 Å². The van der Waals surface area contributed by atoms with Gasteiger partial charge in [0.2, 0.25) is 0 Å². The molecule has 3 rings (SSSR count). The molecule has 1 aliphatic rings. The van der Waals surface area contributed by atoms with E-state index in [-0.39, 0.29) is 6.61 Å². The van der Waals surface area contributed by atoms with Crippen LogP contribution in [0.1, 0.15) is 27.0 Å². The van der Waals surface area contributed by atoms with E-state index in [4.69, 9.17) is 18.9 Å². The molecule has 1 aromatic carbocycles. The third-order valence-corrected chi connectivity index (χ3v) is 4.31. The lowest BCUT2D eigenvalue weighted by Crippen LogP contribution is -2.59. The summed E-state index contributed by atoms with van der Waals surface area (Å²) in [7, 11) is 0. The summed E-state index contributed by atoms with van der Waals surface area (Å²) in [6.07, 6.45) is -6.09. The van der Waals surface area contributed by atoms with Crippen LogP contribution in [0.3, 0.4) is 0 Å². The van der Waals surface area contributed by atoms with Crippen LogP contribution in [0.25, 0.3) is 11.0 Å². The molecule has 0 bridgehead atoms. The zero-order valence-corrected chi connectivity index (χ0v) is 16.0. The summed E-state index contributed by atoms with van der Waals surface area (Å²) in [4.78, 5) is 34.4. The zero-order valence-electron chi connectivity index (χ0n) is 16.0. The number of nitrogens with zero attached hydrogens (tertiary/aromatic N) is 3. The molecule has 0 radical (unpaired) electrons. The molecule has 1 fully saturated rings. The Kier molecular flexibility index (Phi) is 6.09. The average molecular weight is 407 g/mol. The summed E-state index contributed by atoms with van der Waals surface area (Å²) >= 11 is 0. The average Bonchev–Trinajstić information content (AvgIpc) is 3.07. The topological polar surface area (TPSA) is 139 Å². The van der Waals surface area contributed by atoms with Crippen LogP contribution in [0.4, 0.5) is 0 Å². The molecule has 1 N–H and O–H groups in total. The van der Waals surface area contributed by atoms with Crippen molar-refractivity contribution in [2.24, 2.45) is 0 Å². The summed E-state index contributed by atoms with van der Waals surface area (Å²) < 4.78 is 22.7. The van der Waals surface area contributed by atoms with Gasteiger partial charge in [-0.25, -0.2) is 4.68 Å². The zero-order chi connectivity index (χ0) is 21.1. The number of rotatable bonds is 5. The van der Waals surface area contributed by atoms with Gasteiger partial charge in [-0.05, 0) is 12.1 Å². The van der Waals surface area contributed by atoms with Gasteiger partial charge in [0, 0.05) is 20.8 Å². The van der Waals surface area contributed by atoms with Crippen LogP contribution in [-0.4, -0.2) is 69.0 Å². The van der Waals surface area contributed by atoms with Crippen LogP contribution in [0.2, 0.25) is 0 Å². The van der Waals surface area contributed by atoms with Crippen molar-refractivity contribution >= 4 is 28.9 Å². The standard InChI is InChI=1S/C18H21N3O8/c1-9(22)26-8-14-16(27-10(2)23)15(25)17(28-11(3)24)18(29-14)21-13-7-5-4-6-12(13)19-20-21/h4-7,14-18,25H,8H2,1-3H3/t14-,15+,16+,17-,18-/m1/s1. The number of carbonyl (C=O) groups excluding carboxylic acids is 3. The third-order valence-electron chi connectivity index (χ3n) is 4.31. The number of para-hydroxylation sites is 1. The number of aromatic nitrogens is 3. The summed E-state index contributed by atoms with van der Waals surface area (Å²) in [5.74, 6) is -1.93. The second kappa shape index (κ2) is 8.53. The minimum absolute atomic E-state index is 0.291. The van der Waals surface area contributed by atoms with Crippen LogP contribution in [0.5, 0.6) is 0 Å². The highest BCUT2D eigenvalue weighted by Crippen LogP contribution is 2.33. The number of aliphatic hydroxyl groups is 1. The SMILES string of the molecule is CC(=O)OC[C@H]1O[C@@H](n2nnc3ccccc32)[C@H](OC(C)=O)[C@@H](O)[C@H]1OC(C)=O. The Morgan fingerprint density at radius 1 is 1.07 bits per heavy atom. The van der Waals surface area contributed by atoms with Crippen molar-refractivity contribution in [3.05, 3.63) is 24.3 Å². The minimum Gasteiger partial charge on any atom is -0.463 e. The molecule has 0 unspecified atom stereocenters. The van der Waals surface area contributed by atoms with Crippen molar-refractivity contribution in [3.8, 4) is 0 Å². The normalized spacial score (nSPS) is 26.7. The number of benzene rings is 1. The number of carbonyl (C=O) groups is 3. The Balaban J connectivity index is 2.00. The van der Waals surface area contributed by atoms with Gasteiger partial charge in [0.15, 0.2) is 18.4 Å². The van der Waals surface area contributed by atoms with Crippen molar-refractivity contribution < 1.29 is 38.4 Å². The van der Waals surface area contributed by atoms with Crippen LogP contribution in [0, 0.1) is 0 Å². The van der Waals surface area contributed by atoms with Crippen molar-refractivity contribution in [2.75, 3.05) is 6.61 Å². The molecule has 0 spiro atoms. The molecule has 11 heteroatoms. The highest BCUT2D eigenvalue weighted by molar-refractivity contribution is 5.74. The molecule has 11 nitrogen and oxygen atoms in total. The van der Waals surface area contributed by atoms with E-state index in [0.29, 0.717) is 11.0 Å². The molecule has 1 aliphatic heterocycles. The first-order chi connectivity index (χ1) is 13.8. The second-order valence-corrected chi connectivity index (χ2v) is 6.53. The van der Waals surface area contributed by atoms with E-state index in [1.165, 1.54) is 18.5 Å². The fraction of sp³-hybridized carbons (Fsp3) is 0.500. The third kappa shape index (κ3) is 4.51. The van der Waals surface area contributed by atoms with Gasteiger partial charge < -0.3 is 24.1 Å². The fourth-order valence-corrected chi connectivity index (χ4v) is 3.17. The summed E-state index contributed by atoms with van der Waals surface area (Å²) in [6.45, 7) is 3.26. The molecule has 2 heterocycles. The first kappa shape index (κ1) is 20.7. The Labute approximate surface area is 165 Å². The van der Waals surface area contributed by atoms with Crippen molar-refractivity contribution in [1.29, 1.82) is 0 Å². The van der Waals surface area contributed by atoms with Gasteiger partial charge in [0.05, 0.1) is 5.52 Å². The lowest BCUT2D eigenvalue weighted by atomic mass is 9.97. The number of ether oxygens (including phenoxy) is 4. The molecule has 29 heavy (non-hydrogen) atoms. The number of fused-ring (bicyclic) bond motifs is 1. The molecule has 0 saturated carbocycles. The minimum atomic E-state index is -1.47. The lowest BCUT2D eigenvalue weighted by Gasteiger charge is -2.42. The maximum absolute atomic E-state index is 11.7. The molecule has 0 amide bonds. The van der Waals surface area contributed by atoms with Gasteiger partial charge >= 0.3 is 17.9 Å². The van der Waals surface area contributed by atoms with Crippen molar-refractivity contribution in [3.63, 3.8) is 0 Å². The summed E-state index contributed by atoms with van der Waals surface area (Å²) in [5.41, 5.74) is 1.13. The molecule has 2 aromatic rings. The largest absolute Gasteiger partial charge is 0.463 e. The van der Waals surface area contributed by atoms with Crippen LogP contribution in [-0.2, 0) is 33.3 Å².